The number of esters is 1. The number of fused-ring (bicyclic) bond motifs is 1. The maximum atomic E-state index is 11.3. The number of likely N-dealkylation sites (N-methyl/N-ethyl adjacent to an activating group) is 1. The molecule has 0 spiro atoms. The van der Waals surface area contributed by atoms with Crippen molar-refractivity contribution in [1.82, 2.24) is 5.32 Å². The first kappa shape index (κ1) is 12.9. The number of nitrogens with one attached hydrogen (secondary N) is 1. The maximum absolute atomic E-state index is 11.3. The van der Waals surface area contributed by atoms with E-state index < -0.39 is 0 Å². The van der Waals surface area contributed by atoms with Gasteiger partial charge >= 0.3 is 5.97 Å². The minimum absolute atomic E-state index is 0.226. The van der Waals surface area contributed by atoms with E-state index in [9.17, 15) is 4.79 Å². The number of ether oxygens (including phenoxy) is 1. The fourth-order valence-corrected chi connectivity index (χ4v) is 2.26. The van der Waals surface area contributed by atoms with Gasteiger partial charge in [0.1, 0.15) is 6.04 Å². The van der Waals surface area contributed by atoms with E-state index in [2.05, 4.69) is 40.2 Å². The SMILES string of the molecule is COC(=O)C(C)NCc1ccc2c(c1)CCN2C. The molecule has 0 aliphatic carbocycles. The molecule has 0 amide bonds. The lowest BCUT2D eigenvalue weighted by atomic mass is 10.1. The molecule has 1 unspecified atom stereocenters. The summed E-state index contributed by atoms with van der Waals surface area (Å²) in [7, 11) is 3.52. The summed E-state index contributed by atoms with van der Waals surface area (Å²) in [6.45, 7) is 3.59. The van der Waals surface area contributed by atoms with Crippen molar-refractivity contribution in [2.75, 3.05) is 25.6 Å². The summed E-state index contributed by atoms with van der Waals surface area (Å²) >= 11 is 0. The minimum Gasteiger partial charge on any atom is -0.468 e. The van der Waals surface area contributed by atoms with Gasteiger partial charge in [0, 0.05) is 25.8 Å². The molecule has 1 aliphatic rings. The molecule has 1 N–H and O–H groups in total. The van der Waals surface area contributed by atoms with E-state index in [1.165, 1.54) is 23.9 Å². The quantitative estimate of drug-likeness (QED) is 0.816. The number of carbonyl (C=O) groups excluding carboxylic acids is 1. The zero-order valence-electron chi connectivity index (χ0n) is 11.2. The van der Waals surface area contributed by atoms with Crippen molar-refractivity contribution in [3.63, 3.8) is 0 Å². The maximum Gasteiger partial charge on any atom is 0.322 e. The fraction of sp³-hybridized carbons (Fsp3) is 0.500. The van der Waals surface area contributed by atoms with Gasteiger partial charge in [-0.1, -0.05) is 12.1 Å². The third-order valence-electron chi connectivity index (χ3n) is 3.44. The van der Waals surface area contributed by atoms with Crippen LogP contribution in [-0.4, -0.2) is 32.7 Å². The van der Waals surface area contributed by atoms with E-state index in [4.69, 9.17) is 0 Å². The number of benzene rings is 1. The third kappa shape index (κ3) is 2.64. The zero-order chi connectivity index (χ0) is 13.1. The van der Waals surface area contributed by atoms with Crippen LogP contribution < -0.4 is 10.2 Å². The van der Waals surface area contributed by atoms with Crippen molar-refractivity contribution in [3.05, 3.63) is 29.3 Å². The second kappa shape index (κ2) is 5.40. The summed E-state index contributed by atoms with van der Waals surface area (Å²) in [5.74, 6) is -0.226. The topological polar surface area (TPSA) is 41.6 Å². The van der Waals surface area contributed by atoms with Crippen molar-refractivity contribution in [3.8, 4) is 0 Å². The van der Waals surface area contributed by atoms with E-state index >= 15 is 0 Å². The van der Waals surface area contributed by atoms with Gasteiger partial charge in [-0.2, -0.15) is 0 Å². The van der Waals surface area contributed by atoms with Crippen LogP contribution in [0.5, 0.6) is 0 Å². The van der Waals surface area contributed by atoms with Crippen LogP contribution in [0, 0.1) is 0 Å². The van der Waals surface area contributed by atoms with Crippen molar-refractivity contribution < 1.29 is 9.53 Å². The van der Waals surface area contributed by atoms with Crippen LogP contribution in [0.25, 0.3) is 0 Å². The molecule has 0 bridgehead atoms. The van der Waals surface area contributed by atoms with Gasteiger partial charge in [0.15, 0.2) is 0 Å². The molecule has 0 aromatic heterocycles. The van der Waals surface area contributed by atoms with Crippen LogP contribution in [-0.2, 0) is 22.5 Å². The molecule has 1 aromatic rings. The van der Waals surface area contributed by atoms with Crippen molar-refractivity contribution in [1.29, 1.82) is 0 Å². The normalized spacial score (nSPS) is 15.4. The molecule has 1 atom stereocenters. The Morgan fingerprint density at radius 3 is 3.06 bits per heavy atom. The molecular formula is C14H20N2O2. The highest BCUT2D eigenvalue weighted by molar-refractivity contribution is 5.75. The molecule has 0 saturated carbocycles. The van der Waals surface area contributed by atoms with Gasteiger partial charge < -0.3 is 15.0 Å². The number of hydrogen-bond acceptors (Lipinski definition) is 4. The Balaban J connectivity index is 1.97. The molecule has 1 aromatic carbocycles. The van der Waals surface area contributed by atoms with Crippen LogP contribution in [0.3, 0.4) is 0 Å². The summed E-state index contributed by atoms with van der Waals surface area (Å²) in [6.07, 6.45) is 1.10. The Bertz CT molecular complexity index is 445. The van der Waals surface area contributed by atoms with Gasteiger partial charge in [-0.3, -0.25) is 4.79 Å². The molecule has 1 aliphatic heterocycles. The van der Waals surface area contributed by atoms with E-state index in [1.807, 2.05) is 6.92 Å². The molecule has 18 heavy (non-hydrogen) atoms. The third-order valence-corrected chi connectivity index (χ3v) is 3.44. The fourth-order valence-electron chi connectivity index (χ4n) is 2.26. The first-order valence-corrected chi connectivity index (χ1v) is 6.26. The van der Waals surface area contributed by atoms with Gasteiger partial charge in [0.05, 0.1) is 7.11 Å². The lowest BCUT2D eigenvalue weighted by Crippen LogP contribution is -2.34. The first-order valence-electron chi connectivity index (χ1n) is 6.26. The van der Waals surface area contributed by atoms with Crippen LogP contribution >= 0.6 is 0 Å². The second-order valence-electron chi connectivity index (χ2n) is 4.76. The number of nitrogens with zero attached hydrogens (tertiary/aromatic N) is 1. The van der Waals surface area contributed by atoms with Crippen LogP contribution in [0.15, 0.2) is 18.2 Å². The summed E-state index contributed by atoms with van der Waals surface area (Å²) in [5.41, 5.74) is 3.92. The smallest absolute Gasteiger partial charge is 0.322 e. The van der Waals surface area contributed by atoms with E-state index in [0.29, 0.717) is 6.54 Å². The Morgan fingerprint density at radius 2 is 2.33 bits per heavy atom. The zero-order valence-corrected chi connectivity index (χ0v) is 11.2. The number of methoxy groups -OCH3 is 1. The van der Waals surface area contributed by atoms with Crippen LogP contribution in [0.2, 0.25) is 0 Å². The van der Waals surface area contributed by atoms with Gasteiger partial charge in [0.25, 0.3) is 0 Å². The standard InChI is InChI=1S/C14H20N2O2/c1-10(14(17)18-3)15-9-11-4-5-13-12(8-11)6-7-16(13)2/h4-5,8,10,15H,6-7,9H2,1-3H3. The highest BCUT2D eigenvalue weighted by Gasteiger charge is 2.16. The average Bonchev–Trinajstić information content (AvgIpc) is 2.76. The number of hydrogen-bond donors (Lipinski definition) is 1. The Morgan fingerprint density at radius 1 is 1.56 bits per heavy atom. The molecule has 2 rings (SSSR count). The van der Waals surface area contributed by atoms with Crippen molar-refractivity contribution in [2.45, 2.75) is 25.9 Å². The summed E-state index contributed by atoms with van der Waals surface area (Å²) in [6, 6.07) is 6.21. The molecular weight excluding hydrogens is 228 g/mol. The molecule has 1 heterocycles. The van der Waals surface area contributed by atoms with Gasteiger partial charge in [-0.15, -0.1) is 0 Å². The predicted molar refractivity (Wildman–Crippen MR) is 71.7 cm³/mol. The predicted octanol–water partition coefficient (Wildman–Crippen LogP) is 1.33. The number of carbonyl (C=O) groups is 1. The number of rotatable bonds is 4. The Labute approximate surface area is 108 Å². The summed E-state index contributed by atoms with van der Waals surface area (Å²) in [5, 5.41) is 3.16. The van der Waals surface area contributed by atoms with Crippen molar-refractivity contribution in [2.24, 2.45) is 0 Å². The first-order chi connectivity index (χ1) is 8.61. The van der Waals surface area contributed by atoms with Gasteiger partial charge in [-0.25, -0.2) is 0 Å². The number of anilines is 1. The summed E-state index contributed by atoms with van der Waals surface area (Å²) < 4.78 is 4.68. The molecule has 0 saturated heterocycles. The monoisotopic (exact) mass is 248 g/mol. The van der Waals surface area contributed by atoms with Crippen LogP contribution in [0.1, 0.15) is 18.1 Å². The largest absolute Gasteiger partial charge is 0.468 e. The highest BCUT2D eigenvalue weighted by atomic mass is 16.5. The van der Waals surface area contributed by atoms with E-state index in [-0.39, 0.29) is 12.0 Å². The molecule has 4 nitrogen and oxygen atoms in total. The Kier molecular flexibility index (Phi) is 3.87. The van der Waals surface area contributed by atoms with Gasteiger partial charge in [0.2, 0.25) is 0 Å². The molecule has 4 heteroatoms. The minimum atomic E-state index is -0.272. The molecule has 0 radical (unpaired) electrons. The van der Waals surface area contributed by atoms with Crippen molar-refractivity contribution >= 4 is 11.7 Å². The lowest BCUT2D eigenvalue weighted by Gasteiger charge is -2.14. The molecule has 98 valence electrons. The second-order valence-corrected chi connectivity index (χ2v) is 4.76. The van der Waals surface area contributed by atoms with Gasteiger partial charge in [-0.05, 0) is 30.5 Å². The van der Waals surface area contributed by atoms with Crippen LogP contribution in [0.4, 0.5) is 5.69 Å². The molecule has 0 fully saturated rings. The highest BCUT2D eigenvalue weighted by Crippen LogP contribution is 2.27. The average molecular weight is 248 g/mol. The Hall–Kier alpha value is -1.55. The van der Waals surface area contributed by atoms with E-state index in [1.54, 1.807) is 0 Å². The lowest BCUT2D eigenvalue weighted by molar-refractivity contribution is -0.142. The summed E-state index contributed by atoms with van der Waals surface area (Å²) in [4.78, 5) is 13.5. The van der Waals surface area contributed by atoms with E-state index in [0.717, 1.165) is 13.0 Å².